The van der Waals surface area contributed by atoms with Crippen molar-refractivity contribution in [3.8, 4) is 11.8 Å². The summed E-state index contributed by atoms with van der Waals surface area (Å²) >= 11 is 4.60. The number of rotatable bonds is 4. The van der Waals surface area contributed by atoms with Crippen molar-refractivity contribution in [3.63, 3.8) is 0 Å². The standard InChI is InChI=1S/C9H12N4O2S/c1-14-7-4-3-6(8(12-7)15-2)5-11-13-9(10)16/h3-5H,1-2H3,(H3,10,13,16)/b11-5-. The average Bonchev–Trinajstić information content (AvgIpc) is 2.29. The monoisotopic (exact) mass is 240 g/mol. The van der Waals surface area contributed by atoms with Gasteiger partial charge in [0.05, 0.1) is 26.0 Å². The molecule has 0 unspecified atom stereocenters. The number of nitrogens with two attached hydrogens (primary N) is 1. The minimum Gasteiger partial charge on any atom is -0.481 e. The van der Waals surface area contributed by atoms with Crippen LogP contribution in [0.1, 0.15) is 5.56 Å². The normalized spacial score (nSPS) is 10.1. The van der Waals surface area contributed by atoms with Gasteiger partial charge in [-0.25, -0.2) is 0 Å². The maximum Gasteiger partial charge on any atom is 0.225 e. The maximum atomic E-state index is 5.21. The third-order valence-corrected chi connectivity index (χ3v) is 1.74. The van der Waals surface area contributed by atoms with E-state index in [1.807, 2.05) is 0 Å². The molecule has 0 bridgehead atoms. The number of hydrazone groups is 1. The number of pyridine rings is 1. The van der Waals surface area contributed by atoms with E-state index in [4.69, 9.17) is 15.2 Å². The highest BCUT2D eigenvalue weighted by atomic mass is 32.1. The number of hydrogen-bond donors (Lipinski definition) is 2. The van der Waals surface area contributed by atoms with Gasteiger partial charge in [0.2, 0.25) is 11.8 Å². The number of nitrogens with one attached hydrogen (secondary N) is 1. The summed E-state index contributed by atoms with van der Waals surface area (Å²) < 4.78 is 10.0. The molecule has 6 nitrogen and oxygen atoms in total. The van der Waals surface area contributed by atoms with E-state index < -0.39 is 0 Å². The van der Waals surface area contributed by atoms with Crippen LogP contribution in [0.2, 0.25) is 0 Å². The van der Waals surface area contributed by atoms with E-state index in [2.05, 4.69) is 27.7 Å². The Bertz CT molecular complexity index is 408. The number of hydrogen-bond acceptors (Lipinski definition) is 5. The Kier molecular flexibility index (Phi) is 4.46. The number of nitrogens with zero attached hydrogens (tertiary/aromatic N) is 2. The molecule has 16 heavy (non-hydrogen) atoms. The minimum absolute atomic E-state index is 0.0942. The van der Waals surface area contributed by atoms with Crippen LogP contribution in [0.3, 0.4) is 0 Å². The van der Waals surface area contributed by atoms with Gasteiger partial charge in [0, 0.05) is 6.07 Å². The smallest absolute Gasteiger partial charge is 0.225 e. The molecule has 86 valence electrons. The first-order chi connectivity index (χ1) is 7.67. The predicted molar refractivity (Wildman–Crippen MR) is 64.9 cm³/mol. The van der Waals surface area contributed by atoms with Crippen molar-refractivity contribution in [1.82, 2.24) is 10.4 Å². The lowest BCUT2D eigenvalue weighted by Crippen LogP contribution is -2.24. The fraction of sp³-hybridized carbons (Fsp3) is 0.222. The van der Waals surface area contributed by atoms with Crippen LogP contribution in [0, 0.1) is 0 Å². The zero-order valence-corrected chi connectivity index (χ0v) is 9.75. The van der Waals surface area contributed by atoms with Crippen molar-refractivity contribution in [3.05, 3.63) is 17.7 Å². The van der Waals surface area contributed by atoms with Crippen LogP contribution in [-0.2, 0) is 0 Å². The van der Waals surface area contributed by atoms with Gasteiger partial charge in [0.1, 0.15) is 0 Å². The molecule has 1 heterocycles. The first-order valence-electron chi connectivity index (χ1n) is 4.35. The Balaban J connectivity index is 2.87. The molecule has 3 N–H and O–H groups in total. The van der Waals surface area contributed by atoms with Crippen molar-refractivity contribution >= 4 is 23.5 Å². The predicted octanol–water partition coefficient (Wildman–Crippen LogP) is 0.266. The second-order valence-corrected chi connectivity index (χ2v) is 3.13. The van der Waals surface area contributed by atoms with Crippen LogP contribution in [0.4, 0.5) is 0 Å². The first kappa shape index (κ1) is 12.2. The molecule has 0 aliphatic rings. The molecule has 0 saturated carbocycles. The number of thiocarbonyl (C=S) groups is 1. The third kappa shape index (κ3) is 3.35. The van der Waals surface area contributed by atoms with Gasteiger partial charge in [-0.05, 0) is 18.3 Å². The van der Waals surface area contributed by atoms with Gasteiger partial charge in [0.15, 0.2) is 5.11 Å². The summed E-state index contributed by atoms with van der Waals surface area (Å²) in [6.45, 7) is 0. The molecule has 1 rings (SSSR count). The van der Waals surface area contributed by atoms with E-state index >= 15 is 0 Å². The lowest BCUT2D eigenvalue weighted by molar-refractivity contribution is 0.364. The van der Waals surface area contributed by atoms with Gasteiger partial charge in [0.25, 0.3) is 0 Å². The minimum atomic E-state index is 0.0942. The second-order valence-electron chi connectivity index (χ2n) is 2.69. The molecule has 0 amide bonds. The van der Waals surface area contributed by atoms with E-state index in [-0.39, 0.29) is 5.11 Å². The first-order valence-corrected chi connectivity index (χ1v) is 4.75. The summed E-state index contributed by atoms with van der Waals surface area (Å²) in [5.41, 5.74) is 8.34. The van der Waals surface area contributed by atoms with Gasteiger partial charge in [-0.15, -0.1) is 0 Å². The summed E-state index contributed by atoms with van der Waals surface area (Å²) in [5.74, 6) is 0.879. The quantitative estimate of drug-likeness (QED) is 0.446. The van der Waals surface area contributed by atoms with Crippen LogP contribution in [-0.4, -0.2) is 30.5 Å². The SMILES string of the molecule is COc1ccc(/C=N\NC(N)=S)c(OC)n1. The third-order valence-electron chi connectivity index (χ3n) is 1.65. The molecule has 0 saturated heterocycles. The van der Waals surface area contributed by atoms with Gasteiger partial charge in [-0.1, -0.05) is 0 Å². The highest BCUT2D eigenvalue weighted by Crippen LogP contribution is 2.17. The molecule has 0 atom stereocenters. The van der Waals surface area contributed by atoms with Crippen molar-refractivity contribution in [2.45, 2.75) is 0 Å². The van der Waals surface area contributed by atoms with Gasteiger partial charge in [-0.2, -0.15) is 10.1 Å². The molecule has 7 heteroatoms. The van der Waals surface area contributed by atoms with E-state index in [9.17, 15) is 0 Å². The Labute approximate surface area is 98.5 Å². The largest absolute Gasteiger partial charge is 0.481 e. The van der Waals surface area contributed by atoms with Crippen LogP contribution < -0.4 is 20.6 Å². The molecule has 0 fully saturated rings. The summed E-state index contributed by atoms with van der Waals surface area (Å²) in [4.78, 5) is 4.08. The van der Waals surface area contributed by atoms with Crippen molar-refractivity contribution in [1.29, 1.82) is 0 Å². The Morgan fingerprint density at radius 1 is 1.50 bits per heavy atom. The molecular formula is C9H12N4O2S. The molecule has 0 spiro atoms. The van der Waals surface area contributed by atoms with Crippen LogP contribution in [0.5, 0.6) is 11.8 Å². The molecule has 0 aliphatic heterocycles. The molecular weight excluding hydrogens is 228 g/mol. The zero-order valence-electron chi connectivity index (χ0n) is 8.93. The van der Waals surface area contributed by atoms with E-state index in [0.717, 1.165) is 0 Å². The highest BCUT2D eigenvalue weighted by Gasteiger charge is 2.04. The van der Waals surface area contributed by atoms with Crippen LogP contribution in [0.15, 0.2) is 17.2 Å². The zero-order chi connectivity index (χ0) is 12.0. The van der Waals surface area contributed by atoms with Gasteiger partial charge in [-0.3, -0.25) is 5.43 Å². The van der Waals surface area contributed by atoms with E-state index in [1.165, 1.54) is 20.4 Å². The van der Waals surface area contributed by atoms with Crippen molar-refractivity contribution < 1.29 is 9.47 Å². The topological polar surface area (TPSA) is 81.8 Å². The number of aromatic nitrogens is 1. The highest BCUT2D eigenvalue weighted by molar-refractivity contribution is 7.80. The molecule has 0 radical (unpaired) electrons. The average molecular weight is 240 g/mol. The molecule has 0 aromatic carbocycles. The fourth-order valence-electron chi connectivity index (χ4n) is 0.975. The Hall–Kier alpha value is -1.89. The van der Waals surface area contributed by atoms with Crippen molar-refractivity contribution in [2.75, 3.05) is 14.2 Å². The Morgan fingerprint density at radius 3 is 2.81 bits per heavy atom. The summed E-state index contributed by atoms with van der Waals surface area (Å²) in [6.07, 6.45) is 1.50. The van der Waals surface area contributed by atoms with Crippen molar-refractivity contribution in [2.24, 2.45) is 10.8 Å². The molecule has 1 aromatic rings. The summed E-state index contributed by atoms with van der Waals surface area (Å²) in [6, 6.07) is 3.46. The van der Waals surface area contributed by atoms with E-state index in [0.29, 0.717) is 17.3 Å². The van der Waals surface area contributed by atoms with Gasteiger partial charge < -0.3 is 15.2 Å². The maximum absolute atomic E-state index is 5.21. The molecule has 0 aliphatic carbocycles. The molecule has 1 aromatic heterocycles. The lowest BCUT2D eigenvalue weighted by atomic mass is 10.3. The second kappa shape index (κ2) is 5.86. The van der Waals surface area contributed by atoms with E-state index in [1.54, 1.807) is 12.1 Å². The summed E-state index contributed by atoms with van der Waals surface area (Å²) in [5, 5.41) is 3.90. The Morgan fingerprint density at radius 2 is 2.25 bits per heavy atom. The number of methoxy groups -OCH3 is 2. The fourth-order valence-corrected chi connectivity index (χ4v) is 1.03. The van der Waals surface area contributed by atoms with Gasteiger partial charge >= 0.3 is 0 Å². The van der Waals surface area contributed by atoms with Crippen LogP contribution >= 0.6 is 12.2 Å². The number of ether oxygens (including phenoxy) is 2. The lowest BCUT2D eigenvalue weighted by Gasteiger charge is -2.05. The van der Waals surface area contributed by atoms with Crippen LogP contribution in [0.25, 0.3) is 0 Å². The summed E-state index contributed by atoms with van der Waals surface area (Å²) in [7, 11) is 3.05.